The summed E-state index contributed by atoms with van der Waals surface area (Å²) in [4.78, 5) is 3.98. The van der Waals surface area contributed by atoms with Gasteiger partial charge in [-0.3, -0.25) is 4.98 Å². The maximum absolute atomic E-state index is 13.2. The number of aliphatic hydroxyl groups is 1. The highest BCUT2D eigenvalue weighted by Crippen LogP contribution is 2.23. The molecule has 0 fully saturated rings. The third-order valence-corrected chi connectivity index (χ3v) is 3.23. The molecule has 0 aliphatic carbocycles. The number of halogens is 2. The summed E-state index contributed by atoms with van der Waals surface area (Å²) in [6.07, 6.45) is 3.08. The normalized spacial score (nSPS) is 12.4. The Labute approximate surface area is 114 Å². The third-order valence-electron chi connectivity index (χ3n) is 2.77. The van der Waals surface area contributed by atoms with Crippen molar-refractivity contribution >= 4 is 15.9 Å². The molecule has 18 heavy (non-hydrogen) atoms. The van der Waals surface area contributed by atoms with Gasteiger partial charge in [0.05, 0.1) is 6.10 Å². The Bertz CT molecular complexity index is 539. The highest BCUT2D eigenvalue weighted by Gasteiger charge is 2.12. The molecule has 0 aliphatic heterocycles. The standard InChI is InChI=1S/C14H13BrFNO/c1-9-8-17-3-2-13(9)14(18)6-10-4-11(15)7-12(16)5-10/h2-5,7-8,14,18H,6H2,1H3. The van der Waals surface area contributed by atoms with E-state index < -0.39 is 6.10 Å². The largest absolute Gasteiger partial charge is 0.388 e. The lowest BCUT2D eigenvalue weighted by molar-refractivity contribution is 0.177. The van der Waals surface area contributed by atoms with Gasteiger partial charge in [-0.1, -0.05) is 15.9 Å². The van der Waals surface area contributed by atoms with E-state index in [0.717, 1.165) is 16.7 Å². The van der Waals surface area contributed by atoms with E-state index in [4.69, 9.17) is 0 Å². The second-order valence-electron chi connectivity index (χ2n) is 4.23. The van der Waals surface area contributed by atoms with Crippen LogP contribution in [-0.4, -0.2) is 10.1 Å². The van der Waals surface area contributed by atoms with Crippen molar-refractivity contribution in [1.29, 1.82) is 0 Å². The molecule has 0 spiro atoms. The topological polar surface area (TPSA) is 33.1 Å². The van der Waals surface area contributed by atoms with E-state index in [1.54, 1.807) is 18.5 Å². The Morgan fingerprint density at radius 1 is 1.39 bits per heavy atom. The minimum Gasteiger partial charge on any atom is -0.388 e. The van der Waals surface area contributed by atoms with Gasteiger partial charge in [-0.25, -0.2) is 4.39 Å². The summed E-state index contributed by atoms with van der Waals surface area (Å²) >= 11 is 3.24. The number of hydrogen-bond donors (Lipinski definition) is 1. The van der Waals surface area contributed by atoms with E-state index in [1.807, 2.05) is 13.0 Å². The summed E-state index contributed by atoms with van der Waals surface area (Å²) in [6, 6.07) is 6.43. The molecular weight excluding hydrogens is 297 g/mol. The molecule has 0 aliphatic rings. The number of nitrogens with zero attached hydrogens (tertiary/aromatic N) is 1. The lowest BCUT2D eigenvalue weighted by atomic mass is 9.99. The van der Waals surface area contributed by atoms with E-state index in [2.05, 4.69) is 20.9 Å². The number of pyridine rings is 1. The van der Waals surface area contributed by atoms with Gasteiger partial charge in [0, 0.05) is 23.3 Å². The van der Waals surface area contributed by atoms with E-state index in [1.165, 1.54) is 12.1 Å². The fourth-order valence-electron chi connectivity index (χ4n) is 1.92. The second kappa shape index (κ2) is 5.59. The van der Waals surface area contributed by atoms with Crippen LogP contribution in [0, 0.1) is 12.7 Å². The van der Waals surface area contributed by atoms with Crippen molar-refractivity contribution in [2.75, 3.05) is 0 Å². The predicted octanol–water partition coefficient (Wildman–Crippen LogP) is 3.57. The fourth-order valence-corrected chi connectivity index (χ4v) is 2.43. The van der Waals surface area contributed by atoms with Gasteiger partial charge < -0.3 is 5.11 Å². The number of rotatable bonds is 3. The van der Waals surface area contributed by atoms with Crippen LogP contribution in [-0.2, 0) is 6.42 Å². The van der Waals surface area contributed by atoms with Gasteiger partial charge >= 0.3 is 0 Å². The van der Waals surface area contributed by atoms with Gasteiger partial charge in [-0.05, 0) is 47.9 Å². The summed E-state index contributed by atoms with van der Waals surface area (Å²) in [5.74, 6) is -0.307. The molecule has 94 valence electrons. The van der Waals surface area contributed by atoms with Gasteiger partial charge in [-0.15, -0.1) is 0 Å². The van der Waals surface area contributed by atoms with Crippen LogP contribution in [0.1, 0.15) is 22.8 Å². The lowest BCUT2D eigenvalue weighted by Crippen LogP contribution is -2.04. The van der Waals surface area contributed by atoms with E-state index in [0.29, 0.717) is 10.9 Å². The minimum absolute atomic E-state index is 0.307. The Balaban J connectivity index is 2.21. The van der Waals surface area contributed by atoms with Crippen LogP contribution >= 0.6 is 15.9 Å². The van der Waals surface area contributed by atoms with Crippen LogP contribution in [0.15, 0.2) is 41.1 Å². The number of aromatic nitrogens is 1. The monoisotopic (exact) mass is 309 g/mol. The highest BCUT2D eigenvalue weighted by molar-refractivity contribution is 9.10. The van der Waals surface area contributed by atoms with Gasteiger partial charge in [0.2, 0.25) is 0 Å². The molecule has 2 rings (SSSR count). The first-order valence-electron chi connectivity index (χ1n) is 5.60. The Morgan fingerprint density at radius 3 is 2.83 bits per heavy atom. The van der Waals surface area contributed by atoms with Crippen molar-refractivity contribution in [3.63, 3.8) is 0 Å². The van der Waals surface area contributed by atoms with Crippen LogP contribution in [0.2, 0.25) is 0 Å². The van der Waals surface area contributed by atoms with Crippen molar-refractivity contribution < 1.29 is 9.50 Å². The Morgan fingerprint density at radius 2 is 2.17 bits per heavy atom. The molecule has 2 aromatic rings. The number of aryl methyl sites for hydroxylation is 1. The Hall–Kier alpha value is -1.26. The fraction of sp³-hybridized carbons (Fsp3) is 0.214. The molecule has 0 bridgehead atoms. The lowest BCUT2D eigenvalue weighted by Gasteiger charge is -2.13. The smallest absolute Gasteiger partial charge is 0.124 e. The van der Waals surface area contributed by atoms with Crippen LogP contribution in [0.3, 0.4) is 0 Å². The van der Waals surface area contributed by atoms with E-state index in [9.17, 15) is 9.50 Å². The molecule has 0 saturated heterocycles. The first-order valence-corrected chi connectivity index (χ1v) is 6.39. The van der Waals surface area contributed by atoms with Crippen molar-refractivity contribution in [1.82, 2.24) is 4.98 Å². The summed E-state index contributed by atoms with van der Waals surface area (Å²) in [5, 5.41) is 10.2. The molecule has 0 saturated carbocycles. The molecule has 1 atom stereocenters. The molecule has 2 nitrogen and oxygen atoms in total. The highest BCUT2D eigenvalue weighted by atomic mass is 79.9. The zero-order chi connectivity index (χ0) is 13.1. The molecule has 1 aromatic heterocycles. The maximum Gasteiger partial charge on any atom is 0.124 e. The van der Waals surface area contributed by atoms with Gasteiger partial charge in [0.25, 0.3) is 0 Å². The van der Waals surface area contributed by atoms with E-state index in [-0.39, 0.29) is 5.82 Å². The minimum atomic E-state index is -0.651. The molecular formula is C14H13BrFNO. The molecule has 1 unspecified atom stereocenters. The van der Waals surface area contributed by atoms with Gasteiger partial charge in [-0.2, -0.15) is 0 Å². The van der Waals surface area contributed by atoms with Crippen LogP contribution in [0.4, 0.5) is 4.39 Å². The average molecular weight is 310 g/mol. The van der Waals surface area contributed by atoms with Crippen molar-refractivity contribution in [2.45, 2.75) is 19.4 Å². The van der Waals surface area contributed by atoms with Crippen molar-refractivity contribution in [2.24, 2.45) is 0 Å². The molecule has 1 N–H and O–H groups in total. The SMILES string of the molecule is Cc1cnccc1C(O)Cc1cc(F)cc(Br)c1. The van der Waals surface area contributed by atoms with Gasteiger partial charge in [0.15, 0.2) is 0 Å². The zero-order valence-corrected chi connectivity index (χ0v) is 11.5. The van der Waals surface area contributed by atoms with Crippen LogP contribution in [0.25, 0.3) is 0 Å². The number of hydrogen-bond acceptors (Lipinski definition) is 2. The third kappa shape index (κ3) is 3.15. The number of aliphatic hydroxyl groups excluding tert-OH is 1. The Kier molecular flexibility index (Phi) is 4.09. The van der Waals surface area contributed by atoms with Gasteiger partial charge in [0.1, 0.15) is 5.82 Å². The van der Waals surface area contributed by atoms with Crippen molar-refractivity contribution in [3.05, 3.63) is 63.6 Å². The maximum atomic E-state index is 13.2. The first-order chi connectivity index (χ1) is 8.56. The number of benzene rings is 1. The summed E-state index contributed by atoms with van der Waals surface area (Å²) in [7, 11) is 0. The van der Waals surface area contributed by atoms with E-state index >= 15 is 0 Å². The molecule has 0 amide bonds. The molecule has 1 heterocycles. The summed E-state index contributed by atoms with van der Waals surface area (Å²) < 4.78 is 13.9. The summed E-state index contributed by atoms with van der Waals surface area (Å²) in [5.41, 5.74) is 2.51. The second-order valence-corrected chi connectivity index (χ2v) is 5.15. The quantitative estimate of drug-likeness (QED) is 0.940. The zero-order valence-electron chi connectivity index (χ0n) is 9.90. The first kappa shape index (κ1) is 13.2. The molecule has 1 aromatic carbocycles. The summed E-state index contributed by atoms with van der Waals surface area (Å²) in [6.45, 7) is 1.90. The van der Waals surface area contributed by atoms with Crippen LogP contribution < -0.4 is 0 Å². The van der Waals surface area contributed by atoms with Crippen molar-refractivity contribution in [3.8, 4) is 0 Å². The molecule has 4 heteroatoms. The molecule has 0 radical (unpaired) electrons. The van der Waals surface area contributed by atoms with Crippen LogP contribution in [0.5, 0.6) is 0 Å². The predicted molar refractivity (Wildman–Crippen MR) is 71.7 cm³/mol. The average Bonchev–Trinajstić information content (AvgIpc) is 2.27.